The molecule has 6 nitrogen and oxygen atoms in total. The molecule has 0 saturated heterocycles. The molecular weight excluding hydrogens is 305 g/mol. The maximum absolute atomic E-state index is 13.6. The van der Waals surface area contributed by atoms with Gasteiger partial charge in [-0.15, -0.1) is 11.3 Å². The number of aryl methyl sites for hydroxylation is 1. The molecule has 0 bridgehead atoms. The smallest absolute Gasteiger partial charge is 0.267 e. The zero-order chi connectivity index (χ0) is 14.9. The molecule has 2 aromatic rings. The minimum absolute atomic E-state index is 0.257. The van der Waals surface area contributed by atoms with Gasteiger partial charge in [0.1, 0.15) is 10.7 Å². The Morgan fingerprint density at radius 2 is 2.15 bits per heavy atom. The van der Waals surface area contributed by atoms with Crippen LogP contribution < -0.4 is 10.5 Å². The van der Waals surface area contributed by atoms with Crippen LogP contribution in [0, 0.1) is 12.7 Å². The standard InChI is InChI=1S/C11H10FN3O3S2/c1-6-14-5-10(19-6)11(16)15-9-4-7(20(13,17)18)2-3-8(9)12/h2-5H,1H3,(H,15,16)(H2,13,17,18). The number of thiazole rings is 1. The number of aromatic nitrogens is 1. The number of hydrogen-bond donors (Lipinski definition) is 2. The fourth-order valence-corrected chi connectivity index (χ4v) is 2.64. The summed E-state index contributed by atoms with van der Waals surface area (Å²) in [6, 6.07) is 2.92. The molecule has 0 unspecified atom stereocenters. The number of nitrogens with zero attached hydrogens (tertiary/aromatic N) is 1. The van der Waals surface area contributed by atoms with Crippen LogP contribution in [0.5, 0.6) is 0 Å². The summed E-state index contributed by atoms with van der Waals surface area (Å²) in [4.78, 5) is 15.8. The highest BCUT2D eigenvalue weighted by Gasteiger charge is 2.15. The summed E-state index contributed by atoms with van der Waals surface area (Å²) in [5.74, 6) is -1.33. The molecule has 20 heavy (non-hydrogen) atoms. The van der Waals surface area contributed by atoms with E-state index in [9.17, 15) is 17.6 Å². The van der Waals surface area contributed by atoms with E-state index in [1.165, 1.54) is 6.20 Å². The first-order valence-corrected chi connectivity index (χ1v) is 7.70. The zero-order valence-corrected chi connectivity index (χ0v) is 11.9. The van der Waals surface area contributed by atoms with Gasteiger partial charge in [0.25, 0.3) is 5.91 Å². The van der Waals surface area contributed by atoms with E-state index in [1.54, 1.807) is 6.92 Å². The highest BCUT2D eigenvalue weighted by Crippen LogP contribution is 2.20. The SMILES string of the molecule is Cc1ncc(C(=O)Nc2cc(S(N)(=O)=O)ccc2F)s1. The highest BCUT2D eigenvalue weighted by molar-refractivity contribution is 7.89. The highest BCUT2D eigenvalue weighted by atomic mass is 32.2. The quantitative estimate of drug-likeness (QED) is 0.895. The van der Waals surface area contributed by atoms with Crippen molar-refractivity contribution in [2.24, 2.45) is 5.14 Å². The second-order valence-corrected chi connectivity index (χ2v) is 6.68. The van der Waals surface area contributed by atoms with Gasteiger partial charge in [-0.25, -0.2) is 22.9 Å². The molecule has 1 aromatic carbocycles. The van der Waals surface area contributed by atoms with E-state index in [4.69, 9.17) is 5.14 Å². The molecule has 0 saturated carbocycles. The lowest BCUT2D eigenvalue weighted by Gasteiger charge is -2.06. The van der Waals surface area contributed by atoms with Gasteiger partial charge in [-0.1, -0.05) is 0 Å². The normalized spacial score (nSPS) is 11.3. The fraction of sp³-hybridized carbons (Fsp3) is 0.0909. The van der Waals surface area contributed by atoms with E-state index < -0.39 is 21.7 Å². The number of benzene rings is 1. The minimum atomic E-state index is -3.97. The van der Waals surface area contributed by atoms with E-state index in [1.807, 2.05) is 0 Å². The molecule has 0 radical (unpaired) electrons. The average molecular weight is 315 g/mol. The summed E-state index contributed by atoms with van der Waals surface area (Å²) in [5, 5.41) is 7.93. The Bertz CT molecular complexity index is 771. The van der Waals surface area contributed by atoms with Crippen LogP contribution in [0.4, 0.5) is 10.1 Å². The molecule has 1 amide bonds. The number of carbonyl (C=O) groups is 1. The first kappa shape index (κ1) is 14.6. The van der Waals surface area contributed by atoms with Crippen LogP contribution >= 0.6 is 11.3 Å². The summed E-state index contributed by atoms with van der Waals surface area (Å²) in [6.07, 6.45) is 1.36. The van der Waals surface area contributed by atoms with Gasteiger partial charge in [-0.05, 0) is 25.1 Å². The van der Waals surface area contributed by atoms with E-state index in [-0.39, 0.29) is 10.6 Å². The van der Waals surface area contributed by atoms with Crippen LogP contribution in [0.25, 0.3) is 0 Å². The largest absolute Gasteiger partial charge is 0.319 e. The Morgan fingerprint density at radius 1 is 1.45 bits per heavy atom. The number of sulfonamides is 1. The molecule has 1 aromatic heterocycles. The molecule has 9 heteroatoms. The van der Waals surface area contributed by atoms with Gasteiger partial charge in [0.15, 0.2) is 0 Å². The summed E-state index contributed by atoms with van der Waals surface area (Å²) >= 11 is 1.14. The lowest BCUT2D eigenvalue weighted by atomic mass is 10.3. The molecule has 0 fully saturated rings. The average Bonchev–Trinajstić information content (AvgIpc) is 2.77. The summed E-state index contributed by atoms with van der Waals surface area (Å²) in [7, 11) is -3.97. The Morgan fingerprint density at radius 3 is 2.70 bits per heavy atom. The molecule has 2 rings (SSSR count). The third kappa shape index (κ3) is 3.18. The molecule has 0 spiro atoms. The van der Waals surface area contributed by atoms with Crippen molar-refractivity contribution in [1.29, 1.82) is 0 Å². The van der Waals surface area contributed by atoms with E-state index in [2.05, 4.69) is 10.3 Å². The predicted octanol–water partition coefficient (Wildman–Crippen LogP) is 1.49. The molecule has 0 atom stereocenters. The molecule has 1 heterocycles. The van der Waals surface area contributed by atoms with Crippen LogP contribution in [0.1, 0.15) is 14.7 Å². The van der Waals surface area contributed by atoms with Gasteiger partial charge in [-0.3, -0.25) is 4.79 Å². The van der Waals surface area contributed by atoms with Crippen molar-refractivity contribution < 1.29 is 17.6 Å². The van der Waals surface area contributed by atoms with Crippen LogP contribution in [0.3, 0.4) is 0 Å². The first-order valence-electron chi connectivity index (χ1n) is 5.33. The monoisotopic (exact) mass is 315 g/mol. The second-order valence-electron chi connectivity index (χ2n) is 3.88. The van der Waals surface area contributed by atoms with E-state index >= 15 is 0 Å². The van der Waals surface area contributed by atoms with E-state index in [0.717, 1.165) is 29.5 Å². The maximum atomic E-state index is 13.6. The molecule has 0 aliphatic rings. The van der Waals surface area contributed by atoms with Crippen LogP contribution in [0.15, 0.2) is 29.3 Å². The molecule has 3 N–H and O–H groups in total. The van der Waals surface area contributed by atoms with Gasteiger partial charge in [0.05, 0.1) is 21.8 Å². The lowest BCUT2D eigenvalue weighted by molar-refractivity contribution is 0.103. The number of primary sulfonamides is 1. The first-order chi connectivity index (χ1) is 9.27. The Balaban J connectivity index is 2.31. The number of anilines is 1. The van der Waals surface area contributed by atoms with Crippen LogP contribution in [0.2, 0.25) is 0 Å². The zero-order valence-electron chi connectivity index (χ0n) is 10.3. The van der Waals surface area contributed by atoms with Crippen molar-refractivity contribution in [3.8, 4) is 0 Å². The Kier molecular flexibility index (Phi) is 3.84. The maximum Gasteiger partial charge on any atom is 0.267 e. The van der Waals surface area contributed by atoms with Gasteiger partial charge in [0, 0.05) is 0 Å². The number of rotatable bonds is 3. The molecule has 0 aliphatic heterocycles. The van der Waals surface area contributed by atoms with Crippen molar-refractivity contribution in [1.82, 2.24) is 4.98 Å². The van der Waals surface area contributed by atoms with Crippen molar-refractivity contribution >= 4 is 33.0 Å². The van der Waals surface area contributed by atoms with Crippen molar-refractivity contribution in [3.63, 3.8) is 0 Å². The number of amides is 1. The fourth-order valence-electron chi connectivity index (χ4n) is 1.43. The van der Waals surface area contributed by atoms with Crippen LogP contribution in [-0.2, 0) is 10.0 Å². The van der Waals surface area contributed by atoms with Crippen molar-refractivity contribution in [2.45, 2.75) is 11.8 Å². The Hall–Kier alpha value is -1.84. The number of hydrogen-bond acceptors (Lipinski definition) is 5. The predicted molar refractivity (Wildman–Crippen MR) is 72.6 cm³/mol. The van der Waals surface area contributed by atoms with Gasteiger partial charge < -0.3 is 5.32 Å². The topological polar surface area (TPSA) is 102 Å². The second kappa shape index (κ2) is 5.27. The molecule has 106 valence electrons. The van der Waals surface area contributed by atoms with Gasteiger partial charge in [0.2, 0.25) is 10.0 Å². The number of nitrogens with one attached hydrogen (secondary N) is 1. The van der Waals surface area contributed by atoms with Gasteiger partial charge >= 0.3 is 0 Å². The number of carbonyl (C=O) groups excluding carboxylic acids is 1. The molecule has 0 aliphatic carbocycles. The van der Waals surface area contributed by atoms with Crippen molar-refractivity contribution in [2.75, 3.05) is 5.32 Å². The third-order valence-electron chi connectivity index (χ3n) is 2.36. The Labute approximate surface area is 118 Å². The third-order valence-corrected chi connectivity index (χ3v) is 4.18. The lowest BCUT2D eigenvalue weighted by Crippen LogP contribution is -2.15. The van der Waals surface area contributed by atoms with E-state index in [0.29, 0.717) is 9.88 Å². The number of nitrogens with two attached hydrogens (primary N) is 1. The van der Waals surface area contributed by atoms with Gasteiger partial charge in [-0.2, -0.15) is 0 Å². The summed E-state index contributed by atoms with van der Waals surface area (Å²) in [6.45, 7) is 1.73. The van der Waals surface area contributed by atoms with Crippen molar-refractivity contribution in [3.05, 3.63) is 40.1 Å². The number of halogens is 1. The van der Waals surface area contributed by atoms with Crippen LogP contribution in [-0.4, -0.2) is 19.3 Å². The minimum Gasteiger partial charge on any atom is -0.319 e. The molecular formula is C11H10FN3O3S2. The summed E-state index contributed by atoms with van der Waals surface area (Å²) < 4.78 is 36.0. The summed E-state index contributed by atoms with van der Waals surface area (Å²) in [5.41, 5.74) is -0.257.